The van der Waals surface area contributed by atoms with E-state index in [9.17, 15) is 5.11 Å². The van der Waals surface area contributed by atoms with Gasteiger partial charge in [-0.2, -0.15) is 0 Å². The average Bonchev–Trinajstić information content (AvgIpc) is 2.48. The van der Waals surface area contributed by atoms with Crippen LogP contribution in [0.1, 0.15) is 19.3 Å². The maximum absolute atomic E-state index is 9.93. The second kappa shape index (κ2) is 8.64. The minimum Gasteiger partial charge on any atom is -0.488 e. The van der Waals surface area contributed by atoms with Gasteiger partial charge in [0.05, 0.1) is 10.0 Å². The molecule has 0 saturated heterocycles. The lowest BCUT2D eigenvalue weighted by molar-refractivity contribution is 0.105. The first-order valence-corrected chi connectivity index (χ1v) is 8.03. The molecule has 1 aliphatic rings. The van der Waals surface area contributed by atoms with Crippen LogP contribution in [-0.4, -0.2) is 30.9 Å². The smallest absolute Gasteiger partial charge is 0.156 e. The highest BCUT2D eigenvalue weighted by atomic mass is 35.5. The number of halogens is 2. The third kappa shape index (κ3) is 5.51. The molecule has 2 unspecified atom stereocenters. The predicted molar refractivity (Wildman–Crippen MR) is 87.3 cm³/mol. The van der Waals surface area contributed by atoms with Gasteiger partial charge in [0.15, 0.2) is 5.75 Å². The minimum atomic E-state index is -0.587. The number of nitrogens with one attached hydrogen (secondary N) is 1. The van der Waals surface area contributed by atoms with Crippen molar-refractivity contribution in [1.82, 2.24) is 5.32 Å². The van der Waals surface area contributed by atoms with Gasteiger partial charge in [0.1, 0.15) is 12.7 Å². The number of hydrogen-bond acceptors (Lipinski definition) is 3. The predicted octanol–water partition coefficient (Wildman–Crippen LogP) is 3.68. The van der Waals surface area contributed by atoms with Gasteiger partial charge in [-0.05, 0) is 43.9 Å². The number of aliphatic hydroxyl groups excluding tert-OH is 1. The molecule has 1 aromatic carbocycles. The van der Waals surface area contributed by atoms with Crippen molar-refractivity contribution in [3.8, 4) is 5.75 Å². The van der Waals surface area contributed by atoms with Crippen LogP contribution in [0.4, 0.5) is 0 Å². The van der Waals surface area contributed by atoms with E-state index in [1.165, 1.54) is 6.42 Å². The van der Waals surface area contributed by atoms with E-state index in [4.69, 9.17) is 27.9 Å². The summed E-state index contributed by atoms with van der Waals surface area (Å²) < 4.78 is 5.51. The van der Waals surface area contributed by atoms with Gasteiger partial charge in [-0.3, -0.25) is 0 Å². The van der Waals surface area contributed by atoms with E-state index in [-0.39, 0.29) is 6.61 Å². The van der Waals surface area contributed by atoms with Crippen LogP contribution < -0.4 is 10.1 Å². The topological polar surface area (TPSA) is 41.5 Å². The van der Waals surface area contributed by atoms with Crippen LogP contribution in [0.5, 0.6) is 5.75 Å². The fourth-order valence-electron chi connectivity index (χ4n) is 2.35. The Bertz CT molecular complexity index is 459. The third-order valence-electron chi connectivity index (χ3n) is 3.53. The standard InChI is InChI=1S/C16H21Cl2NO2/c17-14-7-4-8-15(18)16(14)21-11-13(20)10-19-9-12-5-2-1-3-6-12/h1-2,4,7-8,12-13,19-20H,3,5-6,9-11H2. The maximum atomic E-state index is 9.93. The van der Waals surface area contributed by atoms with Crippen molar-refractivity contribution in [3.63, 3.8) is 0 Å². The molecule has 0 bridgehead atoms. The number of para-hydroxylation sites is 1. The van der Waals surface area contributed by atoms with Gasteiger partial charge in [-0.25, -0.2) is 0 Å². The van der Waals surface area contributed by atoms with E-state index in [0.717, 1.165) is 19.4 Å². The number of ether oxygens (including phenoxy) is 1. The Morgan fingerprint density at radius 1 is 1.29 bits per heavy atom. The molecule has 0 spiro atoms. The zero-order valence-corrected chi connectivity index (χ0v) is 13.4. The summed E-state index contributed by atoms with van der Waals surface area (Å²) in [5.41, 5.74) is 0. The van der Waals surface area contributed by atoms with E-state index in [1.807, 2.05) is 0 Å². The molecule has 0 aliphatic heterocycles. The molecule has 21 heavy (non-hydrogen) atoms. The molecule has 116 valence electrons. The van der Waals surface area contributed by atoms with Gasteiger partial charge < -0.3 is 15.2 Å². The van der Waals surface area contributed by atoms with Gasteiger partial charge in [0, 0.05) is 6.54 Å². The van der Waals surface area contributed by atoms with Crippen molar-refractivity contribution in [2.24, 2.45) is 5.92 Å². The van der Waals surface area contributed by atoms with Gasteiger partial charge in [0.25, 0.3) is 0 Å². The van der Waals surface area contributed by atoms with Crippen molar-refractivity contribution in [2.75, 3.05) is 19.7 Å². The van der Waals surface area contributed by atoms with Crippen LogP contribution in [-0.2, 0) is 0 Å². The van der Waals surface area contributed by atoms with Crippen LogP contribution in [0.15, 0.2) is 30.4 Å². The molecular weight excluding hydrogens is 309 g/mol. The highest BCUT2D eigenvalue weighted by molar-refractivity contribution is 6.37. The Morgan fingerprint density at radius 2 is 2.05 bits per heavy atom. The molecule has 0 amide bonds. The number of hydrogen-bond donors (Lipinski definition) is 2. The molecule has 5 heteroatoms. The summed E-state index contributed by atoms with van der Waals surface area (Å²) in [5, 5.41) is 14.1. The molecule has 2 N–H and O–H groups in total. The van der Waals surface area contributed by atoms with Crippen molar-refractivity contribution in [1.29, 1.82) is 0 Å². The first-order valence-electron chi connectivity index (χ1n) is 7.27. The highest BCUT2D eigenvalue weighted by Crippen LogP contribution is 2.32. The van der Waals surface area contributed by atoms with Crippen LogP contribution in [0, 0.1) is 5.92 Å². The van der Waals surface area contributed by atoms with E-state index < -0.39 is 6.10 Å². The zero-order chi connectivity index (χ0) is 15.1. The van der Waals surface area contributed by atoms with Crippen LogP contribution in [0.3, 0.4) is 0 Å². The number of aliphatic hydroxyl groups is 1. The molecule has 3 nitrogen and oxygen atoms in total. The Morgan fingerprint density at radius 3 is 2.71 bits per heavy atom. The summed E-state index contributed by atoms with van der Waals surface area (Å²) in [7, 11) is 0. The number of rotatable bonds is 7. The van der Waals surface area contributed by atoms with Crippen LogP contribution in [0.2, 0.25) is 10.0 Å². The first-order chi connectivity index (χ1) is 10.2. The third-order valence-corrected chi connectivity index (χ3v) is 4.12. The van der Waals surface area contributed by atoms with Crippen molar-refractivity contribution >= 4 is 23.2 Å². The van der Waals surface area contributed by atoms with Crippen LogP contribution in [0.25, 0.3) is 0 Å². The van der Waals surface area contributed by atoms with Crippen molar-refractivity contribution in [2.45, 2.75) is 25.4 Å². The summed E-state index contributed by atoms with van der Waals surface area (Å²) in [6.07, 6.45) is 7.36. The Balaban J connectivity index is 1.67. The molecule has 0 aromatic heterocycles. The summed E-state index contributed by atoms with van der Waals surface area (Å²) in [6, 6.07) is 5.18. The van der Waals surface area contributed by atoms with Gasteiger partial charge >= 0.3 is 0 Å². The number of benzene rings is 1. The molecule has 1 aromatic rings. The Labute approximate surface area is 135 Å². The second-order valence-electron chi connectivity index (χ2n) is 5.32. The molecule has 0 heterocycles. The molecule has 1 aliphatic carbocycles. The lowest BCUT2D eigenvalue weighted by Crippen LogP contribution is -2.34. The monoisotopic (exact) mass is 329 g/mol. The average molecular weight is 330 g/mol. The highest BCUT2D eigenvalue weighted by Gasteiger charge is 2.12. The fourth-order valence-corrected chi connectivity index (χ4v) is 2.86. The Hall–Kier alpha value is -0.740. The lowest BCUT2D eigenvalue weighted by Gasteiger charge is -2.20. The molecular formula is C16H21Cl2NO2. The zero-order valence-electron chi connectivity index (χ0n) is 11.9. The quantitative estimate of drug-likeness (QED) is 0.750. The Kier molecular flexibility index (Phi) is 6.84. The maximum Gasteiger partial charge on any atom is 0.156 e. The van der Waals surface area contributed by atoms with Gasteiger partial charge in [0.2, 0.25) is 0 Å². The molecule has 2 rings (SSSR count). The van der Waals surface area contributed by atoms with E-state index >= 15 is 0 Å². The summed E-state index contributed by atoms with van der Waals surface area (Å²) in [6.45, 7) is 1.59. The second-order valence-corrected chi connectivity index (χ2v) is 6.14. The fraction of sp³-hybridized carbons (Fsp3) is 0.500. The van der Waals surface area contributed by atoms with E-state index in [0.29, 0.717) is 28.3 Å². The summed E-state index contributed by atoms with van der Waals surface area (Å²) >= 11 is 12.0. The minimum absolute atomic E-state index is 0.168. The van der Waals surface area contributed by atoms with E-state index in [1.54, 1.807) is 18.2 Å². The largest absolute Gasteiger partial charge is 0.488 e. The number of allylic oxidation sites excluding steroid dienone is 2. The van der Waals surface area contributed by atoms with Crippen molar-refractivity contribution < 1.29 is 9.84 Å². The summed E-state index contributed by atoms with van der Waals surface area (Å²) in [5.74, 6) is 1.10. The molecule has 0 saturated carbocycles. The van der Waals surface area contributed by atoms with Gasteiger partial charge in [-0.1, -0.05) is 41.4 Å². The SMILES string of the molecule is OC(CNCC1CC=CCC1)COc1c(Cl)cccc1Cl. The van der Waals surface area contributed by atoms with Gasteiger partial charge in [-0.15, -0.1) is 0 Å². The van der Waals surface area contributed by atoms with Crippen molar-refractivity contribution in [3.05, 3.63) is 40.4 Å². The molecule has 2 atom stereocenters. The first kappa shape index (κ1) is 16.6. The molecule has 0 fully saturated rings. The summed E-state index contributed by atoms with van der Waals surface area (Å²) in [4.78, 5) is 0. The van der Waals surface area contributed by atoms with Crippen LogP contribution >= 0.6 is 23.2 Å². The normalized spacial score (nSPS) is 19.5. The van der Waals surface area contributed by atoms with E-state index in [2.05, 4.69) is 17.5 Å². The lowest BCUT2D eigenvalue weighted by atomic mass is 9.94. The molecule has 0 radical (unpaired) electrons.